The zero-order valence-corrected chi connectivity index (χ0v) is 13.0. The minimum Gasteiger partial charge on any atom is -0.455 e. The summed E-state index contributed by atoms with van der Waals surface area (Å²) >= 11 is 1.44. The molecule has 2 aromatic heterocycles. The van der Waals surface area contributed by atoms with Gasteiger partial charge >= 0.3 is 0 Å². The molecule has 0 spiro atoms. The van der Waals surface area contributed by atoms with Crippen LogP contribution in [0.4, 0.5) is 0 Å². The zero-order chi connectivity index (χ0) is 15.4. The number of hydrogen-bond acceptors (Lipinski definition) is 5. The average Bonchev–Trinajstić information content (AvgIpc) is 3.16. The largest absolute Gasteiger partial charge is 0.455 e. The standard InChI is InChI=1S/C16H16N2O3S/c1-2-9-17-15(19)14-8-7-11(20-14)10-22-16-18-12-5-3-4-6-13(12)21-16/h3-8H,2,9-10H2,1H3,(H,17,19). The fourth-order valence-electron chi connectivity index (χ4n) is 1.95. The first-order valence-corrected chi connectivity index (χ1v) is 8.10. The molecule has 0 unspecified atom stereocenters. The van der Waals surface area contributed by atoms with Crippen LogP contribution < -0.4 is 5.32 Å². The number of carbonyl (C=O) groups is 1. The molecule has 0 atom stereocenters. The van der Waals surface area contributed by atoms with Gasteiger partial charge in [0.1, 0.15) is 11.3 Å². The van der Waals surface area contributed by atoms with E-state index in [1.54, 1.807) is 12.1 Å². The van der Waals surface area contributed by atoms with Crippen molar-refractivity contribution < 1.29 is 13.6 Å². The normalized spacial score (nSPS) is 11.0. The van der Waals surface area contributed by atoms with E-state index in [0.717, 1.165) is 17.5 Å². The van der Waals surface area contributed by atoms with Crippen molar-refractivity contribution in [1.29, 1.82) is 0 Å². The fourth-order valence-corrected chi connectivity index (χ4v) is 2.68. The molecule has 2 heterocycles. The molecule has 0 aliphatic rings. The van der Waals surface area contributed by atoms with Crippen molar-refractivity contribution in [2.45, 2.75) is 24.3 Å². The van der Waals surface area contributed by atoms with E-state index in [0.29, 0.717) is 29.0 Å². The second-order valence-electron chi connectivity index (χ2n) is 4.76. The van der Waals surface area contributed by atoms with Gasteiger partial charge in [-0.2, -0.15) is 0 Å². The second-order valence-corrected chi connectivity index (χ2v) is 5.68. The molecule has 1 aromatic carbocycles. The number of hydrogen-bond donors (Lipinski definition) is 1. The molecule has 1 N–H and O–H groups in total. The number of benzene rings is 1. The Morgan fingerprint density at radius 1 is 1.23 bits per heavy atom. The molecule has 6 heteroatoms. The molecule has 0 aliphatic carbocycles. The van der Waals surface area contributed by atoms with E-state index in [4.69, 9.17) is 8.83 Å². The molecule has 22 heavy (non-hydrogen) atoms. The number of para-hydroxylation sites is 2. The number of fused-ring (bicyclic) bond motifs is 1. The van der Waals surface area contributed by atoms with Crippen LogP contribution in [-0.2, 0) is 5.75 Å². The lowest BCUT2D eigenvalue weighted by Crippen LogP contribution is -2.23. The van der Waals surface area contributed by atoms with E-state index in [9.17, 15) is 4.79 Å². The topological polar surface area (TPSA) is 68.3 Å². The number of carbonyl (C=O) groups excluding carboxylic acids is 1. The Kier molecular flexibility index (Phi) is 4.48. The predicted octanol–water partition coefficient (Wildman–Crippen LogP) is 3.85. The first-order valence-electron chi connectivity index (χ1n) is 7.11. The SMILES string of the molecule is CCCNC(=O)c1ccc(CSc2nc3ccccc3o2)o1. The van der Waals surface area contributed by atoms with Crippen LogP contribution in [0, 0.1) is 0 Å². The first kappa shape index (κ1) is 14.7. The third-order valence-electron chi connectivity index (χ3n) is 3.03. The highest BCUT2D eigenvalue weighted by atomic mass is 32.2. The Balaban J connectivity index is 1.61. The number of thioether (sulfide) groups is 1. The quantitative estimate of drug-likeness (QED) is 0.700. The first-order chi connectivity index (χ1) is 10.8. The van der Waals surface area contributed by atoms with Crippen molar-refractivity contribution in [1.82, 2.24) is 10.3 Å². The third kappa shape index (κ3) is 3.33. The zero-order valence-electron chi connectivity index (χ0n) is 12.2. The van der Waals surface area contributed by atoms with Gasteiger partial charge in [-0.15, -0.1) is 0 Å². The van der Waals surface area contributed by atoms with E-state index in [-0.39, 0.29) is 5.91 Å². The smallest absolute Gasteiger partial charge is 0.286 e. The maximum absolute atomic E-state index is 11.8. The Bertz CT molecular complexity index is 745. The van der Waals surface area contributed by atoms with Gasteiger partial charge in [-0.05, 0) is 30.7 Å². The minimum absolute atomic E-state index is 0.181. The number of nitrogens with one attached hydrogen (secondary N) is 1. The number of rotatable bonds is 6. The summed E-state index contributed by atoms with van der Waals surface area (Å²) in [5.74, 6) is 1.43. The summed E-state index contributed by atoms with van der Waals surface area (Å²) in [5, 5.41) is 3.38. The number of amides is 1. The lowest BCUT2D eigenvalue weighted by atomic mass is 10.3. The van der Waals surface area contributed by atoms with Gasteiger partial charge in [-0.1, -0.05) is 30.8 Å². The molecule has 1 amide bonds. The van der Waals surface area contributed by atoms with Gasteiger partial charge in [0.25, 0.3) is 11.1 Å². The molecule has 0 saturated carbocycles. The summed E-state index contributed by atoms with van der Waals surface area (Å²) in [5.41, 5.74) is 1.60. The molecule has 3 rings (SSSR count). The number of furan rings is 1. The van der Waals surface area contributed by atoms with Gasteiger partial charge in [-0.3, -0.25) is 4.79 Å². The van der Waals surface area contributed by atoms with Crippen LogP contribution in [0.25, 0.3) is 11.1 Å². The molecule has 5 nitrogen and oxygen atoms in total. The van der Waals surface area contributed by atoms with Crippen LogP contribution in [0.5, 0.6) is 0 Å². The van der Waals surface area contributed by atoms with E-state index in [1.165, 1.54) is 11.8 Å². The van der Waals surface area contributed by atoms with Gasteiger partial charge in [0.05, 0.1) is 5.75 Å². The van der Waals surface area contributed by atoms with Crippen molar-refractivity contribution in [3.8, 4) is 0 Å². The van der Waals surface area contributed by atoms with Crippen LogP contribution >= 0.6 is 11.8 Å². The van der Waals surface area contributed by atoms with E-state index >= 15 is 0 Å². The van der Waals surface area contributed by atoms with Gasteiger partial charge in [0.15, 0.2) is 11.3 Å². The lowest BCUT2D eigenvalue weighted by molar-refractivity contribution is 0.0924. The third-order valence-corrected chi connectivity index (χ3v) is 3.88. The van der Waals surface area contributed by atoms with E-state index in [1.807, 2.05) is 31.2 Å². The molecular formula is C16H16N2O3S. The Morgan fingerprint density at radius 3 is 2.91 bits per heavy atom. The lowest BCUT2D eigenvalue weighted by Gasteiger charge is -1.99. The monoisotopic (exact) mass is 316 g/mol. The molecule has 0 saturated heterocycles. The molecule has 0 radical (unpaired) electrons. The number of oxazole rings is 1. The predicted molar refractivity (Wildman–Crippen MR) is 84.9 cm³/mol. The minimum atomic E-state index is -0.181. The van der Waals surface area contributed by atoms with Crippen molar-refractivity contribution in [3.63, 3.8) is 0 Å². The van der Waals surface area contributed by atoms with Gasteiger partial charge in [-0.25, -0.2) is 4.98 Å². The summed E-state index contributed by atoms with van der Waals surface area (Å²) in [4.78, 5) is 16.2. The summed E-state index contributed by atoms with van der Waals surface area (Å²) in [6.07, 6.45) is 0.896. The van der Waals surface area contributed by atoms with Crippen LogP contribution in [0.3, 0.4) is 0 Å². The van der Waals surface area contributed by atoms with Gasteiger partial charge in [0.2, 0.25) is 0 Å². The van der Waals surface area contributed by atoms with E-state index < -0.39 is 0 Å². The van der Waals surface area contributed by atoms with Gasteiger partial charge < -0.3 is 14.2 Å². The van der Waals surface area contributed by atoms with Crippen molar-refractivity contribution >= 4 is 28.8 Å². The summed E-state index contributed by atoms with van der Waals surface area (Å²) < 4.78 is 11.2. The van der Waals surface area contributed by atoms with E-state index in [2.05, 4.69) is 10.3 Å². The van der Waals surface area contributed by atoms with Crippen LogP contribution in [0.15, 0.2) is 50.5 Å². The summed E-state index contributed by atoms with van der Waals surface area (Å²) in [6.45, 7) is 2.65. The average molecular weight is 316 g/mol. The fraction of sp³-hybridized carbons (Fsp3) is 0.250. The Labute approximate surface area is 132 Å². The van der Waals surface area contributed by atoms with Crippen LogP contribution in [-0.4, -0.2) is 17.4 Å². The highest BCUT2D eigenvalue weighted by molar-refractivity contribution is 7.98. The Morgan fingerprint density at radius 2 is 2.09 bits per heavy atom. The summed E-state index contributed by atoms with van der Waals surface area (Å²) in [7, 11) is 0. The highest BCUT2D eigenvalue weighted by Crippen LogP contribution is 2.26. The van der Waals surface area contributed by atoms with Crippen molar-refractivity contribution in [2.24, 2.45) is 0 Å². The molecule has 3 aromatic rings. The maximum Gasteiger partial charge on any atom is 0.286 e. The highest BCUT2D eigenvalue weighted by Gasteiger charge is 2.12. The Hall–Kier alpha value is -2.21. The second kappa shape index (κ2) is 6.70. The molecular weight excluding hydrogens is 300 g/mol. The van der Waals surface area contributed by atoms with Gasteiger partial charge in [0, 0.05) is 6.54 Å². The van der Waals surface area contributed by atoms with Crippen LogP contribution in [0.1, 0.15) is 29.7 Å². The summed E-state index contributed by atoms with van der Waals surface area (Å²) in [6, 6.07) is 11.1. The molecule has 0 bridgehead atoms. The molecule has 0 fully saturated rings. The number of nitrogens with zero attached hydrogens (tertiary/aromatic N) is 1. The van der Waals surface area contributed by atoms with Crippen molar-refractivity contribution in [3.05, 3.63) is 47.9 Å². The van der Waals surface area contributed by atoms with Crippen molar-refractivity contribution in [2.75, 3.05) is 6.54 Å². The molecule has 114 valence electrons. The molecule has 0 aliphatic heterocycles. The number of aromatic nitrogens is 1. The van der Waals surface area contributed by atoms with Crippen LogP contribution in [0.2, 0.25) is 0 Å². The maximum atomic E-state index is 11.8.